The van der Waals surface area contributed by atoms with Gasteiger partial charge in [-0.3, -0.25) is 4.98 Å². The molecule has 3 aromatic rings. The molecule has 0 radical (unpaired) electrons. The topological polar surface area (TPSA) is 41.9 Å². The molecule has 3 heterocycles. The van der Waals surface area contributed by atoms with Crippen LogP contribution in [0.5, 0.6) is 0 Å². The van der Waals surface area contributed by atoms with Gasteiger partial charge in [0.15, 0.2) is 0 Å². The highest BCUT2D eigenvalue weighted by Crippen LogP contribution is 2.28. The summed E-state index contributed by atoms with van der Waals surface area (Å²) in [6.07, 6.45) is 4.84. The molecule has 1 fully saturated rings. The van der Waals surface area contributed by atoms with Crippen LogP contribution in [0, 0.1) is 19.7 Å². The minimum Gasteiger partial charge on any atom is -0.340 e. The van der Waals surface area contributed by atoms with Gasteiger partial charge in [-0.15, -0.1) is 0 Å². The van der Waals surface area contributed by atoms with Crippen LogP contribution in [-0.2, 0) is 6.42 Å². The summed E-state index contributed by atoms with van der Waals surface area (Å²) in [6, 6.07) is 13.0. The highest BCUT2D eigenvalue weighted by molar-refractivity contribution is 5.35. The standard InChI is InChI=1S/C23H25FN4/c1-16-11-17(2)27-23(26-16)28-10-4-6-20(15-28)22-9-8-19(14-25-22)12-18-5-3-7-21(24)13-18/h3,5,7-9,11,13-14,20H,4,6,10,12,15H2,1-2H3/t20-/m1/s1. The van der Waals surface area contributed by atoms with Crippen LogP contribution in [0.2, 0.25) is 0 Å². The number of hydrogen-bond donors (Lipinski definition) is 0. The average molecular weight is 376 g/mol. The lowest BCUT2D eigenvalue weighted by Gasteiger charge is -2.32. The van der Waals surface area contributed by atoms with Gasteiger partial charge in [0.05, 0.1) is 0 Å². The number of hydrogen-bond acceptors (Lipinski definition) is 4. The Kier molecular flexibility index (Phi) is 5.33. The third-order valence-corrected chi connectivity index (χ3v) is 5.24. The maximum atomic E-state index is 13.4. The first-order valence-electron chi connectivity index (χ1n) is 9.83. The number of nitrogens with zero attached hydrogens (tertiary/aromatic N) is 4. The first kappa shape index (κ1) is 18.5. The van der Waals surface area contributed by atoms with E-state index in [4.69, 9.17) is 4.98 Å². The molecule has 144 valence electrons. The van der Waals surface area contributed by atoms with E-state index < -0.39 is 0 Å². The summed E-state index contributed by atoms with van der Waals surface area (Å²) in [5.74, 6) is 1.00. The van der Waals surface area contributed by atoms with E-state index >= 15 is 0 Å². The summed E-state index contributed by atoms with van der Waals surface area (Å²) < 4.78 is 13.4. The Morgan fingerprint density at radius 3 is 2.57 bits per heavy atom. The second kappa shape index (κ2) is 8.05. The molecule has 1 aromatic carbocycles. The summed E-state index contributed by atoms with van der Waals surface area (Å²) in [5, 5.41) is 0. The molecule has 0 saturated carbocycles. The number of rotatable bonds is 4. The Morgan fingerprint density at radius 2 is 1.86 bits per heavy atom. The van der Waals surface area contributed by atoms with Crippen molar-refractivity contribution >= 4 is 5.95 Å². The number of pyridine rings is 1. The fourth-order valence-corrected chi connectivity index (χ4v) is 3.91. The Morgan fingerprint density at radius 1 is 1.04 bits per heavy atom. The molecule has 1 aliphatic rings. The van der Waals surface area contributed by atoms with Crippen molar-refractivity contribution < 1.29 is 4.39 Å². The largest absolute Gasteiger partial charge is 0.340 e. The average Bonchev–Trinajstić information content (AvgIpc) is 2.68. The summed E-state index contributed by atoms with van der Waals surface area (Å²) in [4.78, 5) is 16.2. The first-order chi connectivity index (χ1) is 13.6. The highest BCUT2D eigenvalue weighted by Gasteiger charge is 2.24. The van der Waals surface area contributed by atoms with Crippen LogP contribution in [0.25, 0.3) is 0 Å². The van der Waals surface area contributed by atoms with Crippen LogP contribution in [0.15, 0.2) is 48.7 Å². The van der Waals surface area contributed by atoms with Crippen LogP contribution >= 0.6 is 0 Å². The highest BCUT2D eigenvalue weighted by atomic mass is 19.1. The molecular weight excluding hydrogens is 351 g/mol. The van der Waals surface area contributed by atoms with Gasteiger partial charge in [0, 0.05) is 42.3 Å². The van der Waals surface area contributed by atoms with Crippen molar-refractivity contribution in [1.29, 1.82) is 0 Å². The van der Waals surface area contributed by atoms with Gasteiger partial charge in [-0.1, -0.05) is 18.2 Å². The third-order valence-electron chi connectivity index (χ3n) is 5.24. The number of aromatic nitrogens is 3. The van der Waals surface area contributed by atoms with Crippen LogP contribution in [0.1, 0.15) is 47.0 Å². The smallest absolute Gasteiger partial charge is 0.225 e. The number of anilines is 1. The van der Waals surface area contributed by atoms with E-state index in [-0.39, 0.29) is 5.82 Å². The van der Waals surface area contributed by atoms with Gasteiger partial charge in [0.2, 0.25) is 5.95 Å². The van der Waals surface area contributed by atoms with Gasteiger partial charge in [0.1, 0.15) is 5.82 Å². The number of halogens is 1. The Labute approximate surface area is 165 Å². The van der Waals surface area contributed by atoms with E-state index in [0.717, 1.165) is 60.1 Å². The van der Waals surface area contributed by atoms with E-state index in [1.54, 1.807) is 12.1 Å². The molecule has 2 aromatic heterocycles. The molecule has 1 aliphatic heterocycles. The normalized spacial score (nSPS) is 17.0. The van der Waals surface area contributed by atoms with Gasteiger partial charge >= 0.3 is 0 Å². The summed E-state index contributed by atoms with van der Waals surface area (Å²) in [7, 11) is 0. The molecule has 5 heteroatoms. The minimum absolute atomic E-state index is 0.196. The van der Waals surface area contributed by atoms with E-state index in [2.05, 4.69) is 27.0 Å². The minimum atomic E-state index is -0.196. The molecule has 0 amide bonds. The van der Waals surface area contributed by atoms with Crippen molar-refractivity contribution in [2.75, 3.05) is 18.0 Å². The molecular formula is C23H25FN4. The van der Waals surface area contributed by atoms with Crippen LogP contribution in [0.3, 0.4) is 0 Å². The Balaban J connectivity index is 1.46. The Hall–Kier alpha value is -2.82. The van der Waals surface area contributed by atoms with Gasteiger partial charge in [0.25, 0.3) is 0 Å². The zero-order chi connectivity index (χ0) is 19.5. The number of piperidine rings is 1. The Bertz CT molecular complexity index is 935. The van der Waals surface area contributed by atoms with Crippen molar-refractivity contribution in [1.82, 2.24) is 15.0 Å². The summed E-state index contributed by atoms with van der Waals surface area (Å²) in [6.45, 7) is 5.90. The zero-order valence-corrected chi connectivity index (χ0v) is 16.4. The molecule has 0 spiro atoms. The molecule has 0 N–H and O–H groups in total. The monoisotopic (exact) mass is 376 g/mol. The van der Waals surface area contributed by atoms with Gasteiger partial charge in [-0.25, -0.2) is 14.4 Å². The maximum Gasteiger partial charge on any atom is 0.225 e. The van der Waals surface area contributed by atoms with Crippen molar-refractivity contribution in [2.24, 2.45) is 0 Å². The molecule has 4 rings (SSSR count). The second-order valence-corrected chi connectivity index (χ2v) is 7.63. The fourth-order valence-electron chi connectivity index (χ4n) is 3.91. The van der Waals surface area contributed by atoms with Crippen LogP contribution < -0.4 is 4.90 Å². The summed E-state index contributed by atoms with van der Waals surface area (Å²) in [5.41, 5.74) is 5.18. The number of aryl methyl sites for hydroxylation is 2. The van der Waals surface area contributed by atoms with Crippen molar-refractivity contribution in [3.05, 3.63) is 82.7 Å². The van der Waals surface area contributed by atoms with E-state index in [1.165, 1.54) is 6.07 Å². The SMILES string of the molecule is Cc1cc(C)nc(N2CCC[C@@H](c3ccc(Cc4cccc(F)c4)cn3)C2)n1. The molecule has 4 nitrogen and oxygen atoms in total. The molecule has 1 atom stereocenters. The first-order valence-corrected chi connectivity index (χ1v) is 9.83. The third kappa shape index (κ3) is 4.35. The quantitative estimate of drug-likeness (QED) is 0.667. The predicted octanol–water partition coefficient (Wildman–Crippen LogP) is 4.60. The van der Waals surface area contributed by atoms with Crippen molar-refractivity contribution in [3.63, 3.8) is 0 Å². The maximum absolute atomic E-state index is 13.4. The molecule has 0 aliphatic carbocycles. The molecule has 1 saturated heterocycles. The van der Waals surface area contributed by atoms with E-state index in [1.807, 2.05) is 32.2 Å². The van der Waals surface area contributed by atoms with E-state index in [9.17, 15) is 4.39 Å². The van der Waals surface area contributed by atoms with E-state index in [0.29, 0.717) is 12.3 Å². The van der Waals surface area contributed by atoms with Crippen molar-refractivity contribution in [3.8, 4) is 0 Å². The number of benzene rings is 1. The molecule has 0 unspecified atom stereocenters. The zero-order valence-electron chi connectivity index (χ0n) is 16.4. The van der Waals surface area contributed by atoms with Gasteiger partial charge in [-0.2, -0.15) is 0 Å². The van der Waals surface area contributed by atoms with Gasteiger partial charge in [-0.05, 0) is 68.5 Å². The second-order valence-electron chi connectivity index (χ2n) is 7.63. The summed E-state index contributed by atoms with van der Waals surface area (Å²) >= 11 is 0. The van der Waals surface area contributed by atoms with Crippen LogP contribution in [0.4, 0.5) is 10.3 Å². The van der Waals surface area contributed by atoms with Crippen molar-refractivity contribution in [2.45, 2.75) is 39.0 Å². The lowest BCUT2D eigenvalue weighted by Crippen LogP contribution is -2.36. The van der Waals surface area contributed by atoms with Crippen LogP contribution in [-0.4, -0.2) is 28.0 Å². The molecule has 0 bridgehead atoms. The predicted molar refractivity (Wildman–Crippen MR) is 109 cm³/mol. The fraction of sp³-hybridized carbons (Fsp3) is 0.348. The lowest BCUT2D eigenvalue weighted by atomic mass is 9.94. The molecule has 28 heavy (non-hydrogen) atoms. The lowest BCUT2D eigenvalue weighted by molar-refractivity contribution is 0.494. The van der Waals surface area contributed by atoms with Gasteiger partial charge < -0.3 is 4.90 Å².